The van der Waals surface area contributed by atoms with E-state index in [1.54, 1.807) is 7.11 Å². The van der Waals surface area contributed by atoms with Crippen molar-refractivity contribution in [2.45, 2.75) is 18.4 Å². The number of guanidine groups is 1. The average molecular weight is 417 g/mol. The molecular formula is C16H24IN3O2. The van der Waals surface area contributed by atoms with Crippen LogP contribution < -0.4 is 10.6 Å². The van der Waals surface area contributed by atoms with E-state index in [1.807, 2.05) is 0 Å². The summed E-state index contributed by atoms with van der Waals surface area (Å²) in [6, 6.07) is 8.47. The van der Waals surface area contributed by atoms with E-state index >= 15 is 0 Å². The van der Waals surface area contributed by atoms with Crippen LogP contribution in [0.2, 0.25) is 0 Å². The number of halogens is 1. The fourth-order valence-corrected chi connectivity index (χ4v) is 3.04. The smallest absolute Gasteiger partial charge is 0.191 e. The van der Waals surface area contributed by atoms with Crippen LogP contribution in [0.4, 0.5) is 0 Å². The van der Waals surface area contributed by atoms with E-state index in [-0.39, 0.29) is 24.0 Å². The van der Waals surface area contributed by atoms with Gasteiger partial charge in [-0.15, -0.1) is 24.0 Å². The Morgan fingerprint density at radius 1 is 1.41 bits per heavy atom. The van der Waals surface area contributed by atoms with Crippen LogP contribution in [0.15, 0.2) is 29.3 Å². The molecule has 1 aromatic carbocycles. The van der Waals surface area contributed by atoms with Crippen LogP contribution in [0.25, 0.3) is 0 Å². The van der Waals surface area contributed by atoms with Crippen molar-refractivity contribution in [3.8, 4) is 0 Å². The van der Waals surface area contributed by atoms with Gasteiger partial charge in [0.25, 0.3) is 0 Å². The molecule has 2 aliphatic heterocycles. The first-order valence-electron chi connectivity index (χ1n) is 7.57. The van der Waals surface area contributed by atoms with Crippen LogP contribution in [-0.2, 0) is 21.5 Å². The van der Waals surface area contributed by atoms with Gasteiger partial charge >= 0.3 is 0 Å². The van der Waals surface area contributed by atoms with E-state index in [0.29, 0.717) is 13.2 Å². The second-order valence-electron chi connectivity index (χ2n) is 5.55. The summed E-state index contributed by atoms with van der Waals surface area (Å²) in [5, 5.41) is 6.68. The van der Waals surface area contributed by atoms with E-state index in [9.17, 15) is 0 Å². The molecule has 0 radical (unpaired) electrons. The first-order chi connectivity index (χ1) is 10.3. The van der Waals surface area contributed by atoms with Gasteiger partial charge in [0.05, 0.1) is 19.8 Å². The highest BCUT2D eigenvalue weighted by atomic mass is 127. The summed E-state index contributed by atoms with van der Waals surface area (Å²) < 4.78 is 11.6. The summed E-state index contributed by atoms with van der Waals surface area (Å²) >= 11 is 0. The van der Waals surface area contributed by atoms with Crippen LogP contribution in [0.3, 0.4) is 0 Å². The van der Waals surface area contributed by atoms with Crippen molar-refractivity contribution in [2.75, 3.05) is 40.0 Å². The molecular weight excluding hydrogens is 393 g/mol. The van der Waals surface area contributed by atoms with Crippen molar-refractivity contribution in [3.63, 3.8) is 0 Å². The highest BCUT2D eigenvalue weighted by Gasteiger charge is 2.38. The number of rotatable bonds is 4. The molecule has 0 amide bonds. The van der Waals surface area contributed by atoms with E-state index in [0.717, 1.165) is 38.5 Å². The summed E-state index contributed by atoms with van der Waals surface area (Å²) in [4.78, 5) is 4.46. The van der Waals surface area contributed by atoms with Crippen LogP contribution in [0.5, 0.6) is 0 Å². The molecule has 2 heterocycles. The van der Waals surface area contributed by atoms with Crippen LogP contribution in [0, 0.1) is 0 Å². The molecule has 0 saturated carbocycles. The molecule has 0 aromatic heterocycles. The first kappa shape index (κ1) is 17.5. The molecule has 0 spiro atoms. The number of fused-ring (bicyclic) bond motifs is 1. The number of aliphatic imine (C=N–C) groups is 1. The summed E-state index contributed by atoms with van der Waals surface area (Å²) in [5.74, 6) is 0.864. The first-order valence-corrected chi connectivity index (χ1v) is 7.57. The Morgan fingerprint density at radius 3 is 3.05 bits per heavy atom. The van der Waals surface area contributed by atoms with Crippen molar-refractivity contribution >= 4 is 29.9 Å². The van der Waals surface area contributed by atoms with Gasteiger partial charge in [0, 0.05) is 20.2 Å². The number of nitrogens with zero attached hydrogens (tertiary/aromatic N) is 1. The second kappa shape index (κ2) is 8.12. The zero-order chi connectivity index (χ0) is 14.5. The fourth-order valence-electron chi connectivity index (χ4n) is 3.04. The lowest BCUT2D eigenvalue weighted by Gasteiger charge is -2.39. The van der Waals surface area contributed by atoms with Gasteiger partial charge in [-0.3, -0.25) is 4.99 Å². The zero-order valence-corrected chi connectivity index (χ0v) is 15.3. The maximum absolute atomic E-state index is 6.15. The predicted molar refractivity (Wildman–Crippen MR) is 98.0 cm³/mol. The fraction of sp³-hybridized carbons (Fsp3) is 0.562. The molecule has 22 heavy (non-hydrogen) atoms. The van der Waals surface area contributed by atoms with E-state index in [1.165, 1.54) is 11.1 Å². The predicted octanol–water partition coefficient (Wildman–Crippen LogP) is 1.66. The zero-order valence-electron chi connectivity index (χ0n) is 12.9. The van der Waals surface area contributed by atoms with Crippen molar-refractivity contribution < 1.29 is 9.47 Å². The van der Waals surface area contributed by atoms with Crippen molar-refractivity contribution in [3.05, 3.63) is 35.4 Å². The maximum Gasteiger partial charge on any atom is 0.191 e. The number of ether oxygens (including phenoxy) is 2. The van der Waals surface area contributed by atoms with Gasteiger partial charge in [-0.1, -0.05) is 24.3 Å². The summed E-state index contributed by atoms with van der Waals surface area (Å²) in [5.41, 5.74) is 2.13. The minimum atomic E-state index is -0.439. The van der Waals surface area contributed by atoms with E-state index in [4.69, 9.17) is 9.47 Å². The van der Waals surface area contributed by atoms with Crippen LogP contribution in [0.1, 0.15) is 17.5 Å². The molecule has 2 aliphatic rings. The summed E-state index contributed by atoms with van der Waals surface area (Å²) in [6.07, 6.45) is 2.05. The van der Waals surface area contributed by atoms with Crippen LogP contribution in [-0.4, -0.2) is 45.9 Å². The number of hydrogen-bond donors (Lipinski definition) is 2. The van der Waals surface area contributed by atoms with E-state index in [2.05, 4.69) is 39.9 Å². The lowest BCUT2D eigenvalue weighted by molar-refractivity contribution is -0.0989. The molecule has 0 saturated heterocycles. The number of benzene rings is 1. The summed E-state index contributed by atoms with van der Waals surface area (Å²) in [7, 11) is 1.72. The van der Waals surface area contributed by atoms with Gasteiger partial charge < -0.3 is 20.1 Å². The minimum Gasteiger partial charge on any atom is -0.381 e. The van der Waals surface area contributed by atoms with Crippen LogP contribution >= 0.6 is 24.0 Å². The molecule has 3 rings (SSSR count). The van der Waals surface area contributed by atoms with Gasteiger partial charge in [-0.2, -0.15) is 0 Å². The second-order valence-corrected chi connectivity index (χ2v) is 5.55. The lowest BCUT2D eigenvalue weighted by atomic mass is 9.86. The lowest BCUT2D eigenvalue weighted by Crippen LogP contribution is -2.52. The monoisotopic (exact) mass is 417 g/mol. The SMILES string of the molecule is COCC1(CNC2=NCCCN2)OCCc2ccccc21.I. The minimum absolute atomic E-state index is 0. The van der Waals surface area contributed by atoms with Gasteiger partial charge in [0.1, 0.15) is 5.60 Å². The third-order valence-electron chi connectivity index (χ3n) is 4.07. The van der Waals surface area contributed by atoms with Gasteiger partial charge in [-0.05, 0) is 24.0 Å². The molecule has 122 valence electrons. The quantitative estimate of drug-likeness (QED) is 0.732. The largest absolute Gasteiger partial charge is 0.381 e. The molecule has 1 unspecified atom stereocenters. The van der Waals surface area contributed by atoms with Crippen molar-refractivity contribution in [1.82, 2.24) is 10.6 Å². The highest BCUT2D eigenvalue weighted by Crippen LogP contribution is 2.33. The molecule has 2 N–H and O–H groups in total. The molecule has 0 fully saturated rings. The number of hydrogen-bond acceptors (Lipinski definition) is 5. The Morgan fingerprint density at radius 2 is 2.27 bits per heavy atom. The van der Waals surface area contributed by atoms with Crippen molar-refractivity contribution in [2.24, 2.45) is 4.99 Å². The van der Waals surface area contributed by atoms with Gasteiger partial charge in [0.15, 0.2) is 5.96 Å². The standard InChI is InChI=1S/C16H23N3O2.HI/c1-20-12-16(11-19-15-17-8-4-9-18-15)14-6-3-2-5-13(14)7-10-21-16;/h2-3,5-6H,4,7-12H2,1H3,(H2,17,18,19);1H. The molecule has 6 heteroatoms. The Hall–Kier alpha value is -0.860. The average Bonchev–Trinajstić information content (AvgIpc) is 2.55. The summed E-state index contributed by atoms with van der Waals surface area (Å²) in [6.45, 7) is 3.76. The molecule has 0 bridgehead atoms. The Kier molecular flexibility index (Phi) is 6.46. The highest BCUT2D eigenvalue weighted by molar-refractivity contribution is 14.0. The molecule has 0 aliphatic carbocycles. The molecule has 5 nitrogen and oxygen atoms in total. The van der Waals surface area contributed by atoms with Gasteiger partial charge in [0.2, 0.25) is 0 Å². The normalized spacial score (nSPS) is 23.6. The third kappa shape index (κ3) is 3.72. The maximum atomic E-state index is 6.15. The Balaban J connectivity index is 0.00000176. The molecule has 1 atom stereocenters. The number of nitrogens with one attached hydrogen (secondary N) is 2. The van der Waals surface area contributed by atoms with Crippen molar-refractivity contribution in [1.29, 1.82) is 0 Å². The number of methoxy groups -OCH3 is 1. The Bertz CT molecular complexity index is 524. The topological polar surface area (TPSA) is 54.9 Å². The molecule has 1 aromatic rings. The Labute approximate surface area is 148 Å². The van der Waals surface area contributed by atoms with Gasteiger partial charge in [-0.25, -0.2) is 0 Å². The van der Waals surface area contributed by atoms with E-state index < -0.39 is 5.60 Å². The third-order valence-corrected chi connectivity index (χ3v) is 4.07.